The molecule has 44 heavy (non-hydrogen) atoms. The van der Waals surface area contributed by atoms with Crippen LogP contribution in [0.3, 0.4) is 0 Å². The zero-order valence-corrected chi connectivity index (χ0v) is 24.2. The van der Waals surface area contributed by atoms with Crippen molar-refractivity contribution in [2.45, 2.75) is 25.0 Å². The van der Waals surface area contributed by atoms with Crippen LogP contribution in [-0.2, 0) is 17.8 Å². The number of aromatic nitrogens is 1. The number of hydrogen-bond donors (Lipinski definition) is 2. The highest BCUT2D eigenvalue weighted by Crippen LogP contribution is 2.45. The Labute approximate surface area is 254 Å². The van der Waals surface area contributed by atoms with Gasteiger partial charge in [0.2, 0.25) is 0 Å². The Morgan fingerprint density at radius 2 is 1.64 bits per heavy atom. The van der Waals surface area contributed by atoms with Crippen LogP contribution in [0.2, 0.25) is 0 Å². The predicted molar refractivity (Wildman–Crippen MR) is 166 cm³/mol. The van der Waals surface area contributed by atoms with E-state index < -0.39 is 18.1 Å². The number of nitrogens with one attached hydrogen (secondary N) is 2. The molecule has 9 heteroatoms. The SMILES string of the molecule is COc1ccc(CNC(=O)c2ccccc2N2C(=O)[C@@H]3Cc4c([nH]c5ccccc45)[C@@H](c4cccc(OC)c4)N3C2=O)cc1. The summed E-state index contributed by atoms with van der Waals surface area (Å²) >= 11 is 0. The van der Waals surface area contributed by atoms with Crippen LogP contribution >= 0.6 is 0 Å². The molecule has 2 aliphatic heterocycles. The average Bonchev–Trinajstić information content (AvgIpc) is 3.56. The van der Waals surface area contributed by atoms with E-state index in [0.29, 0.717) is 12.2 Å². The molecule has 0 aliphatic carbocycles. The Kier molecular flexibility index (Phi) is 6.77. The first-order chi connectivity index (χ1) is 21.5. The normalized spacial score (nSPS) is 17.4. The van der Waals surface area contributed by atoms with Crippen molar-refractivity contribution in [3.8, 4) is 11.5 Å². The number of aromatic amines is 1. The topological polar surface area (TPSA) is 104 Å². The third-order valence-corrected chi connectivity index (χ3v) is 8.46. The van der Waals surface area contributed by atoms with E-state index in [2.05, 4.69) is 10.3 Å². The highest BCUT2D eigenvalue weighted by atomic mass is 16.5. The Hall–Kier alpha value is -5.57. The monoisotopic (exact) mass is 586 g/mol. The van der Waals surface area contributed by atoms with Crippen LogP contribution in [0.1, 0.15) is 38.8 Å². The lowest BCUT2D eigenvalue weighted by molar-refractivity contribution is -0.120. The first-order valence-electron chi connectivity index (χ1n) is 14.4. The van der Waals surface area contributed by atoms with Crippen molar-refractivity contribution in [2.24, 2.45) is 0 Å². The quantitative estimate of drug-likeness (QED) is 0.242. The maximum atomic E-state index is 14.4. The second kappa shape index (κ2) is 10.9. The molecular weight excluding hydrogens is 556 g/mol. The number of carbonyl (C=O) groups excluding carboxylic acids is 3. The summed E-state index contributed by atoms with van der Waals surface area (Å²) in [6.07, 6.45) is 0.354. The number of nitrogens with zero attached hydrogens (tertiary/aromatic N) is 2. The number of anilines is 1. The molecule has 9 nitrogen and oxygen atoms in total. The molecule has 0 radical (unpaired) electrons. The van der Waals surface area contributed by atoms with Crippen molar-refractivity contribution in [1.82, 2.24) is 15.2 Å². The molecule has 0 spiro atoms. The maximum Gasteiger partial charge on any atom is 0.332 e. The molecule has 2 N–H and O–H groups in total. The Bertz CT molecular complexity index is 1910. The van der Waals surface area contributed by atoms with Gasteiger partial charge in [-0.3, -0.25) is 14.5 Å². The van der Waals surface area contributed by atoms with E-state index in [1.807, 2.05) is 72.8 Å². The first kappa shape index (κ1) is 27.3. The number of H-pyrrole nitrogens is 1. The van der Waals surface area contributed by atoms with Gasteiger partial charge >= 0.3 is 6.03 Å². The lowest BCUT2D eigenvalue weighted by Crippen LogP contribution is -2.44. The number of amides is 4. The third-order valence-electron chi connectivity index (χ3n) is 8.46. The molecule has 1 aromatic heterocycles. The summed E-state index contributed by atoms with van der Waals surface area (Å²) in [7, 11) is 3.19. The molecule has 2 aliphatic rings. The highest BCUT2D eigenvalue weighted by molar-refractivity contribution is 6.24. The van der Waals surface area contributed by atoms with Gasteiger partial charge in [0.15, 0.2) is 0 Å². The summed E-state index contributed by atoms with van der Waals surface area (Å²) < 4.78 is 10.7. The number of rotatable bonds is 7. The van der Waals surface area contributed by atoms with E-state index in [1.54, 1.807) is 43.4 Å². The first-order valence-corrected chi connectivity index (χ1v) is 14.4. The number of methoxy groups -OCH3 is 2. The Morgan fingerprint density at radius 3 is 2.43 bits per heavy atom. The van der Waals surface area contributed by atoms with Crippen molar-refractivity contribution < 1.29 is 23.9 Å². The molecule has 2 atom stereocenters. The Morgan fingerprint density at radius 1 is 0.886 bits per heavy atom. The summed E-state index contributed by atoms with van der Waals surface area (Å²) in [6, 6.07) is 27.8. The number of imide groups is 1. The molecule has 3 heterocycles. The minimum Gasteiger partial charge on any atom is -0.497 e. The fourth-order valence-corrected chi connectivity index (χ4v) is 6.34. The number of para-hydroxylation sites is 2. The van der Waals surface area contributed by atoms with E-state index in [9.17, 15) is 14.4 Å². The van der Waals surface area contributed by atoms with Crippen LogP contribution in [0.5, 0.6) is 11.5 Å². The van der Waals surface area contributed by atoms with Gasteiger partial charge in [0.25, 0.3) is 11.8 Å². The van der Waals surface area contributed by atoms with Gasteiger partial charge in [-0.25, -0.2) is 9.69 Å². The Balaban J connectivity index is 1.26. The zero-order valence-electron chi connectivity index (χ0n) is 24.2. The standard InChI is InChI=1S/C35H30N4O5/c1-43-23-16-14-21(15-17-23)20-36-33(40)26-11-4-6-13-29(26)39-34(41)30-19-27-25-10-3-5-12-28(25)37-31(27)32(38(30)35(39)42)22-8-7-9-24(18-22)44-2/h3-18,30,32,37H,19-20H2,1-2H3,(H,36,40)/t30-,32+/m0/s1. The van der Waals surface area contributed by atoms with E-state index in [4.69, 9.17) is 9.47 Å². The largest absolute Gasteiger partial charge is 0.497 e. The maximum absolute atomic E-state index is 14.4. The minimum absolute atomic E-state index is 0.240. The van der Waals surface area contributed by atoms with E-state index in [1.165, 1.54) is 0 Å². The van der Waals surface area contributed by atoms with Gasteiger partial charge in [0.05, 0.1) is 25.5 Å². The van der Waals surface area contributed by atoms with Crippen LogP contribution < -0.4 is 19.7 Å². The van der Waals surface area contributed by atoms with Crippen LogP contribution in [0.4, 0.5) is 10.5 Å². The van der Waals surface area contributed by atoms with Crippen molar-refractivity contribution in [1.29, 1.82) is 0 Å². The van der Waals surface area contributed by atoms with Gasteiger partial charge in [-0.15, -0.1) is 0 Å². The van der Waals surface area contributed by atoms with E-state index in [-0.39, 0.29) is 29.6 Å². The number of benzene rings is 4. The summed E-state index contributed by atoms with van der Waals surface area (Å²) in [5.41, 5.74) is 5.01. The van der Waals surface area contributed by atoms with Gasteiger partial charge in [0, 0.05) is 29.6 Å². The van der Waals surface area contributed by atoms with Crippen molar-refractivity contribution in [3.05, 3.63) is 125 Å². The number of fused-ring (bicyclic) bond motifs is 4. The molecule has 1 saturated heterocycles. The lowest BCUT2D eigenvalue weighted by atomic mass is 9.89. The molecule has 220 valence electrons. The van der Waals surface area contributed by atoms with Crippen LogP contribution in [0.25, 0.3) is 10.9 Å². The van der Waals surface area contributed by atoms with Gasteiger partial charge in [-0.1, -0.05) is 54.6 Å². The molecule has 4 amide bonds. The van der Waals surface area contributed by atoms with Gasteiger partial charge < -0.3 is 19.8 Å². The van der Waals surface area contributed by atoms with Gasteiger partial charge in [0.1, 0.15) is 23.6 Å². The van der Waals surface area contributed by atoms with Crippen molar-refractivity contribution in [2.75, 3.05) is 19.1 Å². The van der Waals surface area contributed by atoms with E-state index in [0.717, 1.165) is 43.9 Å². The fourth-order valence-electron chi connectivity index (χ4n) is 6.34. The van der Waals surface area contributed by atoms with Gasteiger partial charge in [-0.05, 0) is 59.2 Å². The number of carbonyl (C=O) groups is 3. The molecule has 7 rings (SSSR count). The molecule has 0 saturated carbocycles. The van der Waals surface area contributed by atoms with Gasteiger partial charge in [-0.2, -0.15) is 0 Å². The molecule has 0 unspecified atom stereocenters. The number of urea groups is 1. The second-order valence-electron chi connectivity index (χ2n) is 10.9. The second-order valence-corrected chi connectivity index (χ2v) is 10.9. The van der Waals surface area contributed by atoms with Crippen LogP contribution in [0, 0.1) is 0 Å². The number of ether oxygens (including phenoxy) is 2. The summed E-state index contributed by atoms with van der Waals surface area (Å²) in [4.78, 5) is 48.4. The minimum atomic E-state index is -0.749. The summed E-state index contributed by atoms with van der Waals surface area (Å²) in [5.74, 6) is 0.618. The fraction of sp³-hybridized carbons (Fsp3) is 0.171. The van der Waals surface area contributed by atoms with Crippen molar-refractivity contribution >= 4 is 34.4 Å². The average molecular weight is 587 g/mol. The van der Waals surface area contributed by atoms with E-state index >= 15 is 0 Å². The third kappa shape index (κ3) is 4.44. The van der Waals surface area contributed by atoms with Crippen molar-refractivity contribution in [3.63, 3.8) is 0 Å². The van der Waals surface area contributed by atoms with Crippen LogP contribution in [0.15, 0.2) is 97.1 Å². The van der Waals surface area contributed by atoms with Crippen LogP contribution in [-0.4, -0.2) is 48.0 Å². The molecule has 4 aromatic carbocycles. The summed E-state index contributed by atoms with van der Waals surface area (Å²) in [6.45, 7) is 0.271. The molecule has 1 fully saturated rings. The smallest absolute Gasteiger partial charge is 0.332 e. The molecule has 0 bridgehead atoms. The zero-order chi connectivity index (χ0) is 30.4. The lowest BCUT2D eigenvalue weighted by Gasteiger charge is -2.36. The number of hydrogen-bond acceptors (Lipinski definition) is 5. The molecule has 5 aromatic rings. The highest BCUT2D eigenvalue weighted by Gasteiger charge is 2.53. The summed E-state index contributed by atoms with van der Waals surface area (Å²) in [5, 5.41) is 3.95. The predicted octanol–water partition coefficient (Wildman–Crippen LogP) is 5.60. The molecular formula is C35H30N4O5.